The number of rotatable bonds is 5. The van der Waals surface area contributed by atoms with Gasteiger partial charge in [0.25, 0.3) is 5.69 Å². The van der Waals surface area contributed by atoms with E-state index in [2.05, 4.69) is 0 Å². The second kappa shape index (κ2) is 6.91. The molecule has 7 heteroatoms. The molecular weight excluding hydrogens is 310 g/mol. The Morgan fingerprint density at radius 2 is 1.91 bits per heavy atom. The number of benzene rings is 2. The lowest BCUT2D eigenvalue weighted by Crippen LogP contribution is -2.17. The van der Waals surface area contributed by atoms with E-state index in [9.17, 15) is 14.9 Å². The Morgan fingerprint density at radius 1 is 1.23 bits per heavy atom. The van der Waals surface area contributed by atoms with E-state index in [-0.39, 0.29) is 18.0 Å². The summed E-state index contributed by atoms with van der Waals surface area (Å²) in [4.78, 5) is 21.7. The number of carbonyl (C=O) groups is 1. The Balaban J connectivity index is 1.92. The summed E-state index contributed by atoms with van der Waals surface area (Å²) < 4.78 is 10.3. The van der Waals surface area contributed by atoms with E-state index in [4.69, 9.17) is 21.1 Å². The lowest BCUT2D eigenvalue weighted by Gasteiger charge is -2.08. The summed E-state index contributed by atoms with van der Waals surface area (Å²) in [6.45, 7) is 1.55. The number of carbonyl (C=O) groups excluding carboxylic acids is 1. The zero-order valence-electron chi connectivity index (χ0n) is 11.6. The van der Waals surface area contributed by atoms with Gasteiger partial charge in [-0.2, -0.15) is 0 Å². The molecule has 6 nitrogen and oxygen atoms in total. The molecule has 114 valence electrons. The molecule has 0 amide bonds. The zero-order chi connectivity index (χ0) is 16.1. The minimum atomic E-state index is -0.633. The standard InChI is InChI=1S/C15H12ClNO5/c1-10-2-7-13(16)14(8-10)21-9-15(18)22-12-5-3-11(4-6-12)17(19)20/h2-8H,9H2,1H3. The first-order valence-electron chi connectivity index (χ1n) is 6.30. The minimum Gasteiger partial charge on any atom is -0.480 e. The Bertz CT molecular complexity index is 700. The lowest BCUT2D eigenvalue weighted by atomic mass is 10.2. The summed E-state index contributed by atoms with van der Waals surface area (Å²) in [6.07, 6.45) is 0. The van der Waals surface area contributed by atoms with Crippen molar-refractivity contribution in [1.29, 1.82) is 0 Å². The SMILES string of the molecule is Cc1ccc(Cl)c(OCC(=O)Oc2ccc([N+](=O)[O-])cc2)c1. The first kappa shape index (κ1) is 15.8. The molecule has 0 radical (unpaired) electrons. The molecule has 0 aliphatic carbocycles. The molecule has 0 saturated heterocycles. The van der Waals surface area contributed by atoms with Crippen molar-refractivity contribution in [3.63, 3.8) is 0 Å². The topological polar surface area (TPSA) is 78.7 Å². The van der Waals surface area contributed by atoms with Crippen LogP contribution >= 0.6 is 11.6 Å². The van der Waals surface area contributed by atoms with Gasteiger partial charge in [-0.25, -0.2) is 4.79 Å². The second-order valence-corrected chi connectivity index (χ2v) is 4.85. The van der Waals surface area contributed by atoms with Crippen molar-refractivity contribution in [2.24, 2.45) is 0 Å². The normalized spacial score (nSPS) is 10.1. The summed E-state index contributed by atoms with van der Waals surface area (Å²) >= 11 is 5.95. The van der Waals surface area contributed by atoms with Crippen molar-refractivity contribution >= 4 is 23.3 Å². The van der Waals surface area contributed by atoms with Crippen LogP contribution in [0, 0.1) is 17.0 Å². The number of hydrogen-bond acceptors (Lipinski definition) is 5. The number of nitrogens with zero attached hydrogens (tertiary/aromatic N) is 1. The number of hydrogen-bond donors (Lipinski definition) is 0. The highest BCUT2D eigenvalue weighted by molar-refractivity contribution is 6.32. The molecule has 2 aromatic carbocycles. The summed E-state index contributed by atoms with van der Waals surface area (Å²) in [5.74, 6) is -0.0386. The molecule has 0 bridgehead atoms. The van der Waals surface area contributed by atoms with Gasteiger partial charge in [0.1, 0.15) is 11.5 Å². The predicted octanol–water partition coefficient (Wildman–Crippen LogP) is 3.54. The third kappa shape index (κ3) is 4.20. The molecule has 0 spiro atoms. The quantitative estimate of drug-likeness (QED) is 0.364. The molecule has 0 heterocycles. The first-order valence-corrected chi connectivity index (χ1v) is 6.67. The Hall–Kier alpha value is -2.60. The molecule has 0 fully saturated rings. The second-order valence-electron chi connectivity index (χ2n) is 4.45. The van der Waals surface area contributed by atoms with Crippen LogP contribution in [0.5, 0.6) is 11.5 Å². The van der Waals surface area contributed by atoms with Crippen molar-refractivity contribution in [2.45, 2.75) is 6.92 Å². The molecule has 0 aliphatic rings. The van der Waals surface area contributed by atoms with Crippen molar-refractivity contribution in [3.05, 3.63) is 63.2 Å². The zero-order valence-corrected chi connectivity index (χ0v) is 12.4. The smallest absolute Gasteiger partial charge is 0.349 e. The summed E-state index contributed by atoms with van der Waals surface area (Å²) in [5.41, 5.74) is 0.866. The van der Waals surface area contributed by atoms with Crippen LogP contribution in [0.15, 0.2) is 42.5 Å². The minimum absolute atomic E-state index is 0.0809. The Morgan fingerprint density at radius 3 is 2.55 bits per heavy atom. The van der Waals surface area contributed by atoms with Crippen LogP contribution in [-0.4, -0.2) is 17.5 Å². The van der Waals surface area contributed by atoms with Crippen LogP contribution in [0.3, 0.4) is 0 Å². The first-order chi connectivity index (χ1) is 10.5. The Labute approximate surface area is 131 Å². The maximum absolute atomic E-state index is 11.7. The summed E-state index contributed by atoms with van der Waals surface area (Å²) in [6, 6.07) is 10.4. The highest BCUT2D eigenvalue weighted by Crippen LogP contribution is 2.25. The highest BCUT2D eigenvalue weighted by Gasteiger charge is 2.10. The summed E-state index contributed by atoms with van der Waals surface area (Å²) in [7, 11) is 0. The van der Waals surface area contributed by atoms with Crippen molar-refractivity contribution in [3.8, 4) is 11.5 Å². The van der Waals surface area contributed by atoms with Gasteiger partial charge in [0, 0.05) is 12.1 Å². The van der Waals surface area contributed by atoms with E-state index in [0.717, 1.165) is 5.56 Å². The van der Waals surface area contributed by atoms with Crippen LogP contribution in [0.25, 0.3) is 0 Å². The van der Waals surface area contributed by atoms with Gasteiger partial charge in [0.05, 0.1) is 9.95 Å². The number of nitro groups is 1. The van der Waals surface area contributed by atoms with Crippen LogP contribution < -0.4 is 9.47 Å². The molecule has 0 aromatic heterocycles. The van der Waals surface area contributed by atoms with E-state index in [1.165, 1.54) is 24.3 Å². The molecule has 0 aliphatic heterocycles. The molecular formula is C15H12ClNO5. The fourth-order valence-electron chi connectivity index (χ4n) is 1.65. The number of esters is 1. The number of nitro benzene ring substituents is 1. The molecule has 22 heavy (non-hydrogen) atoms. The van der Waals surface area contributed by atoms with Gasteiger partial charge in [-0.1, -0.05) is 17.7 Å². The van der Waals surface area contributed by atoms with E-state index < -0.39 is 10.9 Å². The highest BCUT2D eigenvalue weighted by atomic mass is 35.5. The maximum Gasteiger partial charge on any atom is 0.349 e. The Kier molecular flexibility index (Phi) is 4.95. The van der Waals surface area contributed by atoms with Gasteiger partial charge >= 0.3 is 5.97 Å². The van der Waals surface area contributed by atoms with Gasteiger partial charge in [0.15, 0.2) is 6.61 Å². The van der Waals surface area contributed by atoms with E-state index in [1.54, 1.807) is 12.1 Å². The predicted molar refractivity (Wildman–Crippen MR) is 80.4 cm³/mol. The largest absolute Gasteiger partial charge is 0.480 e. The van der Waals surface area contributed by atoms with Gasteiger partial charge in [0.2, 0.25) is 0 Å². The maximum atomic E-state index is 11.7. The number of aryl methyl sites for hydroxylation is 1. The van der Waals surface area contributed by atoms with Crippen molar-refractivity contribution in [2.75, 3.05) is 6.61 Å². The fraction of sp³-hybridized carbons (Fsp3) is 0.133. The van der Waals surface area contributed by atoms with Gasteiger partial charge in [-0.3, -0.25) is 10.1 Å². The third-order valence-corrected chi connectivity index (χ3v) is 3.02. The van der Waals surface area contributed by atoms with Crippen molar-refractivity contribution < 1.29 is 19.2 Å². The van der Waals surface area contributed by atoms with Gasteiger partial charge in [-0.05, 0) is 36.8 Å². The molecule has 2 aromatic rings. The van der Waals surface area contributed by atoms with Crippen molar-refractivity contribution in [1.82, 2.24) is 0 Å². The average molecular weight is 322 g/mol. The lowest BCUT2D eigenvalue weighted by molar-refractivity contribution is -0.384. The monoisotopic (exact) mass is 321 g/mol. The molecule has 0 atom stereocenters. The van der Waals surface area contributed by atoms with Gasteiger partial charge in [-0.15, -0.1) is 0 Å². The van der Waals surface area contributed by atoms with Crippen LogP contribution in [-0.2, 0) is 4.79 Å². The van der Waals surface area contributed by atoms with Crippen LogP contribution in [0.2, 0.25) is 5.02 Å². The molecule has 0 unspecified atom stereocenters. The molecule has 0 saturated carbocycles. The molecule has 2 rings (SSSR count). The van der Waals surface area contributed by atoms with E-state index in [1.807, 2.05) is 13.0 Å². The van der Waals surface area contributed by atoms with Crippen LogP contribution in [0.1, 0.15) is 5.56 Å². The van der Waals surface area contributed by atoms with Crippen LogP contribution in [0.4, 0.5) is 5.69 Å². The summed E-state index contributed by atoms with van der Waals surface area (Å²) in [5, 5.41) is 10.9. The fourth-order valence-corrected chi connectivity index (χ4v) is 1.83. The van der Waals surface area contributed by atoms with E-state index >= 15 is 0 Å². The van der Waals surface area contributed by atoms with E-state index in [0.29, 0.717) is 10.8 Å². The third-order valence-electron chi connectivity index (χ3n) is 2.71. The number of ether oxygens (including phenoxy) is 2. The number of halogens is 1. The number of non-ortho nitro benzene ring substituents is 1. The average Bonchev–Trinajstić information content (AvgIpc) is 2.49. The molecule has 0 N–H and O–H groups in total. The van der Waals surface area contributed by atoms with Gasteiger partial charge < -0.3 is 9.47 Å².